The maximum absolute atomic E-state index is 12.4. The van der Waals surface area contributed by atoms with Gasteiger partial charge in [-0.15, -0.1) is 6.58 Å². The molecule has 0 spiro atoms. The second-order valence-electron chi connectivity index (χ2n) is 8.75. The Morgan fingerprint density at radius 2 is 2.11 bits per heavy atom. The molecule has 37 heavy (non-hydrogen) atoms. The Morgan fingerprint density at radius 1 is 1.24 bits per heavy atom. The summed E-state index contributed by atoms with van der Waals surface area (Å²) in [5, 5.41) is 7.27. The summed E-state index contributed by atoms with van der Waals surface area (Å²) in [6, 6.07) is 13.6. The third kappa shape index (κ3) is 5.26. The van der Waals surface area contributed by atoms with Crippen LogP contribution in [0.25, 0.3) is 22.2 Å². The van der Waals surface area contributed by atoms with Crippen molar-refractivity contribution in [3.05, 3.63) is 67.5 Å². The van der Waals surface area contributed by atoms with Gasteiger partial charge in [-0.2, -0.15) is 0 Å². The molecule has 1 amide bonds. The minimum atomic E-state index is -0.201. The second kappa shape index (κ2) is 10.7. The van der Waals surface area contributed by atoms with Crippen molar-refractivity contribution in [2.45, 2.75) is 18.9 Å². The highest BCUT2D eigenvalue weighted by atomic mass is 16.5. The summed E-state index contributed by atoms with van der Waals surface area (Å²) < 4.78 is 19.3. The fourth-order valence-electron chi connectivity index (χ4n) is 4.38. The average Bonchev–Trinajstić information content (AvgIpc) is 3.54. The number of ether oxygens (including phenoxy) is 3. The fraction of sp³-hybridized carbons (Fsp3) is 0.250. The third-order valence-corrected chi connectivity index (χ3v) is 6.16. The lowest BCUT2D eigenvalue weighted by Gasteiger charge is -2.19. The van der Waals surface area contributed by atoms with Crippen LogP contribution in [0.3, 0.4) is 0 Å². The number of benzene rings is 2. The van der Waals surface area contributed by atoms with E-state index in [1.165, 1.54) is 0 Å². The van der Waals surface area contributed by atoms with Gasteiger partial charge in [0.15, 0.2) is 0 Å². The normalized spacial score (nSPS) is 14.9. The number of aryl methyl sites for hydroxylation is 1. The Hall–Kier alpha value is -4.37. The molecule has 0 saturated carbocycles. The lowest BCUT2D eigenvalue weighted by atomic mass is 10.1. The van der Waals surface area contributed by atoms with Gasteiger partial charge in [0.1, 0.15) is 17.6 Å². The number of methoxy groups -OCH3 is 1. The molecule has 1 aliphatic rings. The molecule has 0 radical (unpaired) electrons. The van der Waals surface area contributed by atoms with Crippen molar-refractivity contribution in [1.82, 2.24) is 14.5 Å². The fourth-order valence-corrected chi connectivity index (χ4v) is 4.38. The molecule has 2 N–H and O–H groups in total. The van der Waals surface area contributed by atoms with E-state index in [2.05, 4.69) is 45.1 Å². The highest BCUT2D eigenvalue weighted by Gasteiger charge is 2.22. The molecule has 3 heterocycles. The lowest BCUT2D eigenvalue weighted by molar-refractivity contribution is -0.115. The highest BCUT2D eigenvalue weighted by Crippen LogP contribution is 2.39. The summed E-state index contributed by atoms with van der Waals surface area (Å²) in [4.78, 5) is 21.6. The van der Waals surface area contributed by atoms with Gasteiger partial charge in [0.2, 0.25) is 11.9 Å². The third-order valence-electron chi connectivity index (χ3n) is 6.16. The first-order valence-corrected chi connectivity index (χ1v) is 12.1. The molecule has 1 saturated heterocycles. The number of amides is 1. The van der Waals surface area contributed by atoms with Crippen molar-refractivity contribution < 1.29 is 19.0 Å². The van der Waals surface area contributed by atoms with Crippen LogP contribution in [0.15, 0.2) is 67.5 Å². The number of hydrogen-bond donors (Lipinski definition) is 2. The molecular formula is C28H29N5O4. The molecule has 1 aliphatic heterocycles. The van der Waals surface area contributed by atoms with Gasteiger partial charge in [-0.05, 0) is 18.2 Å². The van der Waals surface area contributed by atoms with Crippen molar-refractivity contribution in [3.63, 3.8) is 0 Å². The summed E-state index contributed by atoms with van der Waals surface area (Å²) >= 11 is 0. The van der Waals surface area contributed by atoms with Gasteiger partial charge >= 0.3 is 0 Å². The van der Waals surface area contributed by atoms with E-state index in [0.29, 0.717) is 42.0 Å². The van der Waals surface area contributed by atoms with Crippen molar-refractivity contribution in [3.8, 4) is 22.8 Å². The standard InChI is InChI=1S/C28H29N5O4/c1-4-7-27(34)30-23-14-22(25(35-3)15-26(23)37-18-11-13-36-17-18)32-28-29-12-10-21(31-28)20-16-33(2)24-9-6-5-8-19(20)24/h4-6,8-10,12,14-16,18H,1,7,11,13,17H2,2-3H3,(H,30,34)(H,29,31,32). The molecule has 0 aliphatic carbocycles. The van der Waals surface area contributed by atoms with Crippen LogP contribution < -0.4 is 20.1 Å². The number of fused-ring (bicyclic) bond motifs is 1. The summed E-state index contributed by atoms with van der Waals surface area (Å²) in [5.74, 6) is 1.22. The molecule has 4 aromatic rings. The number of rotatable bonds is 9. The first-order valence-electron chi connectivity index (χ1n) is 12.1. The molecular weight excluding hydrogens is 470 g/mol. The van der Waals surface area contributed by atoms with Crippen molar-refractivity contribution in [2.75, 3.05) is 31.0 Å². The van der Waals surface area contributed by atoms with E-state index in [1.807, 2.05) is 25.2 Å². The zero-order chi connectivity index (χ0) is 25.8. The van der Waals surface area contributed by atoms with Crippen LogP contribution >= 0.6 is 0 Å². The van der Waals surface area contributed by atoms with Gasteiger partial charge in [-0.1, -0.05) is 24.3 Å². The first-order chi connectivity index (χ1) is 18.1. The monoisotopic (exact) mass is 499 g/mol. The number of carbonyl (C=O) groups excluding carboxylic acids is 1. The summed E-state index contributed by atoms with van der Waals surface area (Å²) in [6.45, 7) is 4.78. The first kappa shape index (κ1) is 24.3. The summed E-state index contributed by atoms with van der Waals surface area (Å²) in [7, 11) is 3.59. The van der Waals surface area contributed by atoms with E-state index < -0.39 is 0 Å². The molecule has 9 nitrogen and oxygen atoms in total. The molecule has 1 atom stereocenters. The van der Waals surface area contributed by atoms with Crippen LogP contribution in [-0.2, 0) is 16.6 Å². The SMILES string of the molecule is C=CCC(=O)Nc1cc(Nc2nccc(-c3cn(C)c4ccccc34)n2)c(OC)cc1OC1CCOC1. The van der Waals surface area contributed by atoms with Crippen LogP contribution in [0.2, 0.25) is 0 Å². The number of para-hydroxylation sites is 1. The van der Waals surface area contributed by atoms with E-state index in [4.69, 9.17) is 19.2 Å². The largest absolute Gasteiger partial charge is 0.494 e. The van der Waals surface area contributed by atoms with Crippen molar-refractivity contribution in [1.29, 1.82) is 0 Å². The molecule has 2 aromatic heterocycles. The quantitative estimate of drug-likeness (QED) is 0.310. The Balaban J connectivity index is 1.48. The van der Waals surface area contributed by atoms with Crippen molar-refractivity contribution >= 4 is 34.1 Å². The molecule has 1 unspecified atom stereocenters. The second-order valence-corrected chi connectivity index (χ2v) is 8.75. The Kier molecular flexibility index (Phi) is 7.04. The van der Waals surface area contributed by atoms with Gasteiger partial charge in [-0.3, -0.25) is 4.79 Å². The zero-order valence-corrected chi connectivity index (χ0v) is 20.9. The molecule has 5 rings (SSSR count). The molecule has 190 valence electrons. The number of hydrogen-bond acceptors (Lipinski definition) is 7. The lowest BCUT2D eigenvalue weighted by Crippen LogP contribution is -2.18. The average molecular weight is 500 g/mol. The number of anilines is 3. The Morgan fingerprint density at radius 3 is 2.89 bits per heavy atom. The highest BCUT2D eigenvalue weighted by molar-refractivity contribution is 5.96. The Bertz CT molecular complexity index is 1440. The van der Waals surface area contributed by atoms with Crippen LogP contribution in [0.4, 0.5) is 17.3 Å². The van der Waals surface area contributed by atoms with Gasteiger partial charge in [0.05, 0.1) is 37.4 Å². The molecule has 2 aromatic carbocycles. The van der Waals surface area contributed by atoms with Gasteiger partial charge in [-0.25, -0.2) is 9.97 Å². The minimum absolute atomic E-state index is 0.0979. The van der Waals surface area contributed by atoms with E-state index in [0.717, 1.165) is 28.6 Å². The van der Waals surface area contributed by atoms with Gasteiger partial charge < -0.3 is 29.4 Å². The summed E-state index contributed by atoms with van der Waals surface area (Å²) in [6.07, 6.45) is 6.18. The summed E-state index contributed by atoms with van der Waals surface area (Å²) in [5.41, 5.74) is 4.01. The predicted molar refractivity (Wildman–Crippen MR) is 144 cm³/mol. The van der Waals surface area contributed by atoms with Crippen LogP contribution in [0.5, 0.6) is 11.5 Å². The molecule has 9 heteroatoms. The van der Waals surface area contributed by atoms with E-state index in [-0.39, 0.29) is 18.4 Å². The molecule has 1 fully saturated rings. The predicted octanol–water partition coefficient (Wildman–Crippen LogP) is 5.07. The van der Waals surface area contributed by atoms with Crippen molar-refractivity contribution in [2.24, 2.45) is 7.05 Å². The maximum atomic E-state index is 12.4. The Labute approximate surface area is 215 Å². The topological polar surface area (TPSA) is 99.5 Å². The zero-order valence-electron chi connectivity index (χ0n) is 20.9. The maximum Gasteiger partial charge on any atom is 0.228 e. The number of nitrogens with one attached hydrogen (secondary N) is 2. The van der Waals surface area contributed by atoms with Gasteiger partial charge in [0.25, 0.3) is 0 Å². The number of nitrogens with zero attached hydrogens (tertiary/aromatic N) is 3. The minimum Gasteiger partial charge on any atom is -0.494 e. The van der Waals surface area contributed by atoms with E-state index in [9.17, 15) is 4.79 Å². The number of aromatic nitrogens is 3. The van der Waals surface area contributed by atoms with Crippen LogP contribution in [0, 0.1) is 0 Å². The van der Waals surface area contributed by atoms with E-state index in [1.54, 1.807) is 31.5 Å². The molecule has 0 bridgehead atoms. The smallest absolute Gasteiger partial charge is 0.228 e. The van der Waals surface area contributed by atoms with Crippen LogP contribution in [0.1, 0.15) is 12.8 Å². The van der Waals surface area contributed by atoms with E-state index >= 15 is 0 Å². The number of carbonyl (C=O) groups is 1. The van der Waals surface area contributed by atoms with Gasteiger partial charge in [0, 0.05) is 54.8 Å². The van der Waals surface area contributed by atoms with Crippen LogP contribution in [-0.4, -0.2) is 46.9 Å².